The maximum Gasteiger partial charge on any atom is 0.0417 e. The summed E-state index contributed by atoms with van der Waals surface area (Å²) >= 11 is 7.73. The summed E-state index contributed by atoms with van der Waals surface area (Å²) in [5.41, 5.74) is 2.46. The van der Waals surface area contributed by atoms with Crippen LogP contribution in [0.25, 0.3) is 6.08 Å². The number of halogens is 1. The zero-order valence-electron chi connectivity index (χ0n) is 9.40. The summed E-state index contributed by atoms with van der Waals surface area (Å²) in [6, 6.07) is 16.4. The van der Waals surface area contributed by atoms with Gasteiger partial charge in [0.2, 0.25) is 0 Å². The van der Waals surface area contributed by atoms with Gasteiger partial charge >= 0.3 is 0 Å². The molecule has 0 N–H and O–H groups in total. The molecule has 0 aliphatic heterocycles. The zero-order chi connectivity index (χ0) is 12.1. The summed E-state index contributed by atoms with van der Waals surface area (Å²) in [7, 11) is 0. The smallest absolute Gasteiger partial charge is 0.0417 e. The second-order valence-corrected chi connectivity index (χ2v) is 5.18. The molecule has 0 spiro atoms. The molecular weight excluding hydrogens is 248 g/mol. The Bertz CT molecular complexity index is 503. The van der Waals surface area contributed by atoms with Crippen molar-refractivity contribution in [3.05, 3.63) is 71.3 Å². The highest BCUT2D eigenvalue weighted by molar-refractivity contribution is 7.98. The van der Waals surface area contributed by atoms with Crippen LogP contribution in [0.5, 0.6) is 0 Å². The van der Waals surface area contributed by atoms with Crippen LogP contribution in [0.3, 0.4) is 0 Å². The molecular formula is C15H13ClS. The summed E-state index contributed by atoms with van der Waals surface area (Å²) in [6.45, 7) is 3.74. The van der Waals surface area contributed by atoms with E-state index in [1.54, 1.807) is 11.8 Å². The Labute approximate surface area is 111 Å². The fourth-order valence-corrected chi connectivity index (χ4v) is 2.64. The van der Waals surface area contributed by atoms with Gasteiger partial charge in [-0.05, 0) is 29.3 Å². The number of rotatable bonds is 4. The van der Waals surface area contributed by atoms with Gasteiger partial charge in [0.25, 0.3) is 0 Å². The normalized spacial score (nSPS) is 10.2. The minimum atomic E-state index is 0.789. The molecule has 0 nitrogen and oxygen atoms in total. The van der Waals surface area contributed by atoms with Crippen molar-refractivity contribution in [2.24, 2.45) is 0 Å². The van der Waals surface area contributed by atoms with Gasteiger partial charge in [0.1, 0.15) is 0 Å². The first-order valence-electron chi connectivity index (χ1n) is 5.37. The molecule has 0 aliphatic rings. The van der Waals surface area contributed by atoms with E-state index in [4.69, 9.17) is 11.6 Å². The first kappa shape index (κ1) is 12.3. The molecule has 0 fully saturated rings. The molecule has 0 radical (unpaired) electrons. The van der Waals surface area contributed by atoms with Gasteiger partial charge in [0.15, 0.2) is 0 Å². The molecule has 0 bridgehead atoms. The van der Waals surface area contributed by atoms with Crippen molar-refractivity contribution in [2.75, 3.05) is 0 Å². The lowest BCUT2D eigenvalue weighted by molar-refractivity contribution is 1.38. The molecule has 17 heavy (non-hydrogen) atoms. The third-order valence-corrected chi connectivity index (χ3v) is 3.72. The zero-order valence-corrected chi connectivity index (χ0v) is 11.0. The molecule has 2 aromatic rings. The lowest BCUT2D eigenvalue weighted by Crippen LogP contribution is -1.81. The highest BCUT2D eigenvalue weighted by Gasteiger charge is 1.97. The van der Waals surface area contributed by atoms with Crippen LogP contribution < -0.4 is 0 Å². The SMILES string of the molecule is C=Cc1ccc(CSc2cccc(Cl)c2)cc1. The van der Waals surface area contributed by atoms with Gasteiger partial charge in [-0.1, -0.05) is 54.6 Å². The second-order valence-electron chi connectivity index (χ2n) is 3.69. The number of thioether (sulfide) groups is 1. The highest BCUT2D eigenvalue weighted by Crippen LogP contribution is 2.25. The van der Waals surface area contributed by atoms with Crippen LogP contribution in [-0.4, -0.2) is 0 Å². The minimum Gasteiger partial charge on any atom is -0.121 e. The van der Waals surface area contributed by atoms with Crippen LogP contribution in [0.1, 0.15) is 11.1 Å². The Balaban J connectivity index is 1.99. The van der Waals surface area contributed by atoms with E-state index in [1.165, 1.54) is 10.5 Å². The van der Waals surface area contributed by atoms with Gasteiger partial charge in [-0.2, -0.15) is 0 Å². The third-order valence-electron chi connectivity index (χ3n) is 2.42. The van der Waals surface area contributed by atoms with Gasteiger partial charge in [-0.3, -0.25) is 0 Å². The van der Waals surface area contributed by atoms with Crippen LogP contribution >= 0.6 is 23.4 Å². The van der Waals surface area contributed by atoms with Crippen molar-refractivity contribution in [1.29, 1.82) is 0 Å². The average molecular weight is 261 g/mol. The van der Waals surface area contributed by atoms with Crippen molar-refractivity contribution in [3.63, 3.8) is 0 Å². The quantitative estimate of drug-likeness (QED) is 0.675. The number of benzene rings is 2. The molecule has 0 saturated heterocycles. The topological polar surface area (TPSA) is 0 Å². The predicted octanol–water partition coefficient (Wildman–Crippen LogP) is 5.28. The maximum absolute atomic E-state index is 5.94. The summed E-state index contributed by atoms with van der Waals surface area (Å²) in [6.07, 6.45) is 1.86. The number of hydrogen-bond acceptors (Lipinski definition) is 1. The summed E-state index contributed by atoms with van der Waals surface area (Å²) in [5.74, 6) is 0.956. The van der Waals surface area contributed by atoms with Gasteiger partial charge in [0, 0.05) is 15.7 Å². The fourth-order valence-electron chi connectivity index (χ4n) is 1.47. The Morgan fingerprint density at radius 2 is 1.88 bits per heavy atom. The molecule has 0 atom stereocenters. The van der Waals surface area contributed by atoms with Crippen molar-refractivity contribution in [3.8, 4) is 0 Å². The molecule has 0 heterocycles. The Hall–Kier alpha value is -1.18. The van der Waals surface area contributed by atoms with Crippen LogP contribution in [0, 0.1) is 0 Å². The minimum absolute atomic E-state index is 0.789. The molecule has 2 aromatic carbocycles. The molecule has 0 saturated carbocycles. The van der Waals surface area contributed by atoms with Crippen LogP contribution in [0.2, 0.25) is 5.02 Å². The van der Waals surface area contributed by atoms with Gasteiger partial charge in [0.05, 0.1) is 0 Å². The van der Waals surface area contributed by atoms with Crippen molar-refractivity contribution in [1.82, 2.24) is 0 Å². The van der Waals surface area contributed by atoms with Crippen LogP contribution in [0.15, 0.2) is 60.0 Å². The van der Waals surface area contributed by atoms with E-state index >= 15 is 0 Å². The Kier molecular flexibility index (Phi) is 4.29. The maximum atomic E-state index is 5.94. The lowest BCUT2D eigenvalue weighted by atomic mass is 10.1. The molecule has 2 rings (SSSR count). The molecule has 2 heteroatoms. The molecule has 0 unspecified atom stereocenters. The molecule has 0 amide bonds. The first-order chi connectivity index (χ1) is 8.28. The van der Waals surface area contributed by atoms with Crippen molar-refractivity contribution < 1.29 is 0 Å². The van der Waals surface area contributed by atoms with E-state index in [2.05, 4.69) is 36.9 Å². The van der Waals surface area contributed by atoms with Gasteiger partial charge < -0.3 is 0 Å². The van der Waals surface area contributed by atoms with E-state index in [-0.39, 0.29) is 0 Å². The molecule has 86 valence electrons. The molecule has 0 aliphatic carbocycles. The lowest BCUT2D eigenvalue weighted by Gasteiger charge is -2.03. The first-order valence-corrected chi connectivity index (χ1v) is 6.74. The third kappa shape index (κ3) is 3.65. The Morgan fingerprint density at radius 1 is 1.12 bits per heavy atom. The van der Waals surface area contributed by atoms with E-state index in [0.717, 1.165) is 16.3 Å². The fraction of sp³-hybridized carbons (Fsp3) is 0.0667. The molecule has 0 aromatic heterocycles. The van der Waals surface area contributed by atoms with Crippen LogP contribution in [-0.2, 0) is 5.75 Å². The highest BCUT2D eigenvalue weighted by atomic mass is 35.5. The monoisotopic (exact) mass is 260 g/mol. The summed E-state index contributed by atoms with van der Waals surface area (Å²) in [4.78, 5) is 1.20. The van der Waals surface area contributed by atoms with E-state index in [1.807, 2.05) is 24.3 Å². The number of hydrogen-bond donors (Lipinski definition) is 0. The van der Waals surface area contributed by atoms with Crippen molar-refractivity contribution in [2.45, 2.75) is 10.6 Å². The van der Waals surface area contributed by atoms with Crippen molar-refractivity contribution >= 4 is 29.4 Å². The average Bonchev–Trinajstić information content (AvgIpc) is 2.37. The van der Waals surface area contributed by atoms with E-state index < -0.39 is 0 Å². The van der Waals surface area contributed by atoms with E-state index in [9.17, 15) is 0 Å². The summed E-state index contributed by atoms with van der Waals surface area (Å²) < 4.78 is 0. The van der Waals surface area contributed by atoms with E-state index in [0.29, 0.717) is 0 Å². The van der Waals surface area contributed by atoms with Crippen LogP contribution in [0.4, 0.5) is 0 Å². The Morgan fingerprint density at radius 3 is 2.53 bits per heavy atom. The summed E-state index contributed by atoms with van der Waals surface area (Å²) in [5, 5.41) is 0.789. The standard InChI is InChI=1S/C15H13ClS/c1-2-12-6-8-13(9-7-12)11-17-15-5-3-4-14(16)10-15/h2-10H,1,11H2. The largest absolute Gasteiger partial charge is 0.121 e. The predicted molar refractivity (Wildman–Crippen MR) is 77.5 cm³/mol. The second kappa shape index (κ2) is 5.95. The van der Waals surface area contributed by atoms with Gasteiger partial charge in [-0.15, -0.1) is 11.8 Å². The van der Waals surface area contributed by atoms with Gasteiger partial charge in [-0.25, -0.2) is 0 Å².